The topological polar surface area (TPSA) is 32.8 Å². The zero-order valence-electron chi connectivity index (χ0n) is 17.8. The third-order valence-electron chi connectivity index (χ3n) is 5.67. The molecule has 1 fully saturated rings. The van der Waals surface area contributed by atoms with Gasteiger partial charge in [-0.05, 0) is 23.3 Å². The lowest BCUT2D eigenvalue weighted by molar-refractivity contribution is 0.0408. The summed E-state index contributed by atoms with van der Waals surface area (Å²) in [5.74, 6) is -1.82. The molecular weight excluding hydrogens is 410 g/mol. The molecule has 0 aliphatic carbocycles. The summed E-state index contributed by atoms with van der Waals surface area (Å²) in [6.07, 6.45) is -0.136. The molecular formula is C26H26F2N2O2. The molecule has 4 rings (SSSR count). The first kappa shape index (κ1) is 22.1. The average Bonchev–Trinajstić information content (AvgIpc) is 2.82. The Labute approximate surface area is 187 Å². The summed E-state index contributed by atoms with van der Waals surface area (Å²) in [5.41, 5.74) is 2.26. The summed E-state index contributed by atoms with van der Waals surface area (Å²) < 4.78 is 33.2. The zero-order chi connectivity index (χ0) is 22.3. The number of carbonyl (C=O) groups is 1. The van der Waals surface area contributed by atoms with Crippen molar-refractivity contribution in [3.05, 3.63) is 107 Å². The number of hydrogen-bond donors (Lipinski definition) is 0. The number of rotatable bonds is 7. The second-order valence-corrected chi connectivity index (χ2v) is 7.86. The molecule has 1 aliphatic rings. The molecule has 0 aromatic heterocycles. The Morgan fingerprint density at radius 1 is 0.812 bits per heavy atom. The van der Waals surface area contributed by atoms with Gasteiger partial charge in [0.15, 0.2) is 0 Å². The normalized spacial score (nSPS) is 14.7. The van der Waals surface area contributed by atoms with Gasteiger partial charge >= 0.3 is 0 Å². The Balaban J connectivity index is 1.30. The van der Waals surface area contributed by atoms with Crippen molar-refractivity contribution in [2.75, 3.05) is 39.3 Å². The molecule has 1 heterocycles. The maximum absolute atomic E-state index is 13.4. The predicted molar refractivity (Wildman–Crippen MR) is 119 cm³/mol. The predicted octanol–water partition coefficient (Wildman–Crippen LogP) is 4.53. The van der Waals surface area contributed by atoms with Gasteiger partial charge in [0, 0.05) is 44.4 Å². The zero-order valence-corrected chi connectivity index (χ0v) is 17.8. The van der Waals surface area contributed by atoms with Crippen LogP contribution in [-0.4, -0.2) is 55.0 Å². The van der Waals surface area contributed by atoms with Crippen molar-refractivity contribution in [2.24, 2.45) is 0 Å². The van der Waals surface area contributed by atoms with E-state index in [1.54, 1.807) is 4.90 Å². The molecule has 0 unspecified atom stereocenters. The molecule has 1 amide bonds. The van der Waals surface area contributed by atoms with E-state index in [2.05, 4.69) is 29.2 Å². The van der Waals surface area contributed by atoms with Crippen LogP contribution in [0, 0.1) is 11.6 Å². The molecule has 0 radical (unpaired) electrons. The van der Waals surface area contributed by atoms with Gasteiger partial charge in [0.05, 0.1) is 6.61 Å². The van der Waals surface area contributed by atoms with Gasteiger partial charge in [0.1, 0.15) is 17.7 Å². The number of benzene rings is 3. The number of ether oxygens (including phenoxy) is 1. The first-order valence-electron chi connectivity index (χ1n) is 10.8. The molecule has 0 spiro atoms. The molecule has 166 valence electrons. The summed E-state index contributed by atoms with van der Waals surface area (Å²) in [7, 11) is 0. The van der Waals surface area contributed by atoms with Crippen molar-refractivity contribution in [2.45, 2.75) is 6.10 Å². The van der Waals surface area contributed by atoms with E-state index in [9.17, 15) is 13.6 Å². The van der Waals surface area contributed by atoms with Gasteiger partial charge in [0.2, 0.25) is 0 Å². The molecule has 0 bridgehead atoms. The lowest BCUT2D eigenvalue weighted by atomic mass is 10.0. The highest BCUT2D eigenvalue weighted by Crippen LogP contribution is 2.25. The fourth-order valence-corrected chi connectivity index (χ4v) is 3.97. The summed E-state index contributed by atoms with van der Waals surface area (Å²) in [6, 6.07) is 23.2. The Bertz CT molecular complexity index is 963. The summed E-state index contributed by atoms with van der Waals surface area (Å²) in [4.78, 5) is 16.5. The standard InChI is InChI=1S/C26H26F2N2O2/c27-23-17-22(18-24(28)19-23)26(31)30-13-11-29(12-14-30)15-16-32-25(20-7-3-1-4-8-20)21-9-5-2-6-10-21/h1-10,17-19,25H,11-16H2. The van der Waals surface area contributed by atoms with Crippen molar-refractivity contribution in [1.29, 1.82) is 0 Å². The second kappa shape index (κ2) is 10.5. The number of piperazine rings is 1. The van der Waals surface area contributed by atoms with E-state index in [4.69, 9.17) is 4.74 Å². The molecule has 0 saturated carbocycles. The van der Waals surface area contributed by atoms with E-state index in [-0.39, 0.29) is 17.6 Å². The third-order valence-corrected chi connectivity index (χ3v) is 5.67. The van der Waals surface area contributed by atoms with Crippen LogP contribution in [0.3, 0.4) is 0 Å². The van der Waals surface area contributed by atoms with E-state index >= 15 is 0 Å². The summed E-state index contributed by atoms with van der Waals surface area (Å²) in [6.45, 7) is 3.70. The summed E-state index contributed by atoms with van der Waals surface area (Å²) in [5, 5.41) is 0. The molecule has 3 aromatic rings. The minimum absolute atomic E-state index is 0.0489. The van der Waals surface area contributed by atoms with Crippen LogP contribution in [0.5, 0.6) is 0 Å². The fourth-order valence-electron chi connectivity index (χ4n) is 3.97. The van der Waals surface area contributed by atoms with Crippen LogP contribution in [0.1, 0.15) is 27.6 Å². The van der Waals surface area contributed by atoms with E-state index in [0.717, 1.165) is 35.9 Å². The van der Waals surface area contributed by atoms with Gasteiger partial charge in [0.25, 0.3) is 5.91 Å². The first-order valence-corrected chi connectivity index (χ1v) is 10.8. The lowest BCUT2D eigenvalue weighted by Gasteiger charge is -2.35. The Hall–Kier alpha value is -3.09. The smallest absolute Gasteiger partial charge is 0.254 e. The number of nitrogens with zero attached hydrogens (tertiary/aromatic N) is 2. The van der Waals surface area contributed by atoms with Crippen LogP contribution in [0.4, 0.5) is 8.78 Å². The van der Waals surface area contributed by atoms with Crippen LogP contribution in [0.25, 0.3) is 0 Å². The minimum atomic E-state index is -0.740. The van der Waals surface area contributed by atoms with Crippen LogP contribution < -0.4 is 0 Å². The van der Waals surface area contributed by atoms with Gasteiger partial charge in [-0.1, -0.05) is 60.7 Å². The molecule has 32 heavy (non-hydrogen) atoms. The Morgan fingerprint density at radius 3 is 1.88 bits per heavy atom. The molecule has 4 nitrogen and oxygen atoms in total. The van der Waals surface area contributed by atoms with Crippen LogP contribution in [-0.2, 0) is 4.74 Å². The fraction of sp³-hybridized carbons (Fsp3) is 0.269. The van der Waals surface area contributed by atoms with Gasteiger partial charge < -0.3 is 9.64 Å². The van der Waals surface area contributed by atoms with E-state index < -0.39 is 11.6 Å². The van der Waals surface area contributed by atoms with E-state index in [0.29, 0.717) is 32.8 Å². The first-order chi connectivity index (χ1) is 15.6. The molecule has 1 aliphatic heterocycles. The van der Waals surface area contributed by atoms with Gasteiger partial charge in [-0.3, -0.25) is 9.69 Å². The molecule has 0 N–H and O–H groups in total. The number of carbonyl (C=O) groups excluding carboxylic acids is 1. The highest BCUT2D eigenvalue weighted by atomic mass is 19.1. The lowest BCUT2D eigenvalue weighted by Crippen LogP contribution is -2.49. The minimum Gasteiger partial charge on any atom is -0.367 e. The molecule has 0 atom stereocenters. The van der Waals surface area contributed by atoms with Crippen LogP contribution in [0.2, 0.25) is 0 Å². The van der Waals surface area contributed by atoms with Crippen molar-refractivity contribution in [1.82, 2.24) is 9.80 Å². The molecule has 6 heteroatoms. The molecule has 3 aromatic carbocycles. The van der Waals surface area contributed by atoms with Crippen LogP contribution in [0.15, 0.2) is 78.9 Å². The quantitative estimate of drug-likeness (QED) is 0.546. The van der Waals surface area contributed by atoms with Gasteiger partial charge in [-0.2, -0.15) is 0 Å². The third kappa shape index (κ3) is 5.58. The number of amides is 1. The summed E-state index contributed by atoms with van der Waals surface area (Å²) >= 11 is 0. The Morgan fingerprint density at radius 2 is 1.34 bits per heavy atom. The maximum atomic E-state index is 13.4. The maximum Gasteiger partial charge on any atom is 0.254 e. The van der Waals surface area contributed by atoms with Crippen LogP contribution >= 0.6 is 0 Å². The second-order valence-electron chi connectivity index (χ2n) is 7.86. The highest BCUT2D eigenvalue weighted by molar-refractivity contribution is 5.94. The van der Waals surface area contributed by atoms with Crippen molar-refractivity contribution >= 4 is 5.91 Å². The van der Waals surface area contributed by atoms with Crippen molar-refractivity contribution in [3.8, 4) is 0 Å². The average molecular weight is 437 g/mol. The largest absolute Gasteiger partial charge is 0.367 e. The number of hydrogen-bond acceptors (Lipinski definition) is 3. The van der Waals surface area contributed by atoms with Crippen molar-refractivity contribution < 1.29 is 18.3 Å². The SMILES string of the molecule is O=C(c1cc(F)cc(F)c1)N1CCN(CCOC(c2ccccc2)c2ccccc2)CC1. The van der Waals surface area contributed by atoms with Gasteiger partial charge in [-0.15, -0.1) is 0 Å². The molecule has 1 saturated heterocycles. The van der Waals surface area contributed by atoms with E-state index in [1.165, 1.54) is 0 Å². The highest BCUT2D eigenvalue weighted by Gasteiger charge is 2.23. The van der Waals surface area contributed by atoms with E-state index in [1.807, 2.05) is 36.4 Å². The number of halogens is 2. The van der Waals surface area contributed by atoms with Crippen molar-refractivity contribution in [3.63, 3.8) is 0 Å². The Kier molecular flexibility index (Phi) is 7.24. The monoisotopic (exact) mass is 436 g/mol. The van der Waals surface area contributed by atoms with Gasteiger partial charge in [-0.25, -0.2) is 8.78 Å².